The van der Waals surface area contributed by atoms with E-state index in [0.717, 1.165) is 23.3 Å². The highest BCUT2D eigenvalue weighted by Gasteiger charge is 2.11. The molecule has 0 aromatic heterocycles. The van der Waals surface area contributed by atoms with Gasteiger partial charge in [-0.1, -0.05) is 82.2 Å². The van der Waals surface area contributed by atoms with Crippen molar-refractivity contribution in [1.29, 1.82) is 0 Å². The van der Waals surface area contributed by atoms with Crippen LogP contribution in [0, 0.1) is 0 Å². The fourth-order valence-corrected chi connectivity index (χ4v) is 3.49. The molecule has 3 heteroatoms. The van der Waals surface area contributed by atoms with Gasteiger partial charge in [-0.25, -0.2) is 4.79 Å². The Kier molecular flexibility index (Phi) is 9.61. The van der Waals surface area contributed by atoms with E-state index in [9.17, 15) is 9.90 Å². The van der Waals surface area contributed by atoms with E-state index in [4.69, 9.17) is 4.74 Å². The number of unbranched alkanes of at least 4 members (excludes halogenated alkanes) is 7. The Bertz CT molecular complexity index is 706. The normalized spacial score (nSPS) is 11.9. The van der Waals surface area contributed by atoms with Crippen LogP contribution in [0.4, 0.5) is 0 Å². The maximum atomic E-state index is 11.4. The van der Waals surface area contributed by atoms with Crippen LogP contribution in [0.3, 0.4) is 0 Å². The maximum Gasteiger partial charge on any atom is 0.336 e. The third-order valence-corrected chi connectivity index (χ3v) is 5.12. The first-order chi connectivity index (χ1) is 13.6. The molecule has 0 saturated heterocycles. The molecule has 28 heavy (non-hydrogen) atoms. The van der Waals surface area contributed by atoms with Crippen molar-refractivity contribution in [2.24, 2.45) is 0 Å². The number of ether oxygens (including phenoxy) is 1. The summed E-state index contributed by atoms with van der Waals surface area (Å²) in [5.41, 5.74) is 1.94. The van der Waals surface area contributed by atoms with Gasteiger partial charge in [-0.2, -0.15) is 0 Å². The number of carboxylic acids is 1. The summed E-state index contributed by atoms with van der Waals surface area (Å²) in [4.78, 5) is 11.4. The van der Waals surface area contributed by atoms with Crippen LogP contribution in [0.15, 0.2) is 48.5 Å². The van der Waals surface area contributed by atoms with Gasteiger partial charge in [0.05, 0.1) is 11.7 Å². The van der Waals surface area contributed by atoms with Crippen LogP contribution in [-0.2, 0) is 0 Å². The van der Waals surface area contributed by atoms with Crippen LogP contribution < -0.4 is 4.74 Å². The van der Waals surface area contributed by atoms with Gasteiger partial charge in [-0.15, -0.1) is 0 Å². The van der Waals surface area contributed by atoms with E-state index in [1.807, 2.05) is 36.4 Å². The second-order valence-corrected chi connectivity index (χ2v) is 7.57. The standard InChI is InChI=1S/C25H34O3/c1-3-4-5-6-7-8-9-10-13-20(2)28-22-18-16-21(17-19-22)23-14-11-12-15-24(23)25(26)27/h11-12,14-20H,3-10,13H2,1-2H3,(H,26,27). The van der Waals surface area contributed by atoms with Gasteiger partial charge >= 0.3 is 5.97 Å². The minimum atomic E-state index is -0.907. The van der Waals surface area contributed by atoms with Crippen molar-refractivity contribution in [3.05, 3.63) is 54.1 Å². The fraction of sp³-hybridized carbons (Fsp3) is 0.480. The van der Waals surface area contributed by atoms with Gasteiger partial charge < -0.3 is 9.84 Å². The number of carboxylic acid groups (broad SMARTS) is 1. The molecular weight excluding hydrogens is 348 g/mol. The summed E-state index contributed by atoms with van der Waals surface area (Å²) in [5.74, 6) is -0.0708. The van der Waals surface area contributed by atoms with Crippen molar-refractivity contribution in [2.75, 3.05) is 0 Å². The Morgan fingerprint density at radius 3 is 2.14 bits per heavy atom. The zero-order valence-electron chi connectivity index (χ0n) is 17.3. The predicted octanol–water partition coefficient (Wildman–Crippen LogP) is 7.35. The van der Waals surface area contributed by atoms with Crippen LogP contribution in [0.2, 0.25) is 0 Å². The van der Waals surface area contributed by atoms with Crippen molar-refractivity contribution in [3.8, 4) is 16.9 Å². The highest BCUT2D eigenvalue weighted by Crippen LogP contribution is 2.26. The number of rotatable bonds is 13. The zero-order chi connectivity index (χ0) is 20.2. The van der Waals surface area contributed by atoms with E-state index >= 15 is 0 Å². The monoisotopic (exact) mass is 382 g/mol. The molecule has 2 rings (SSSR count). The zero-order valence-corrected chi connectivity index (χ0v) is 17.3. The molecule has 0 amide bonds. The molecule has 2 aromatic rings. The number of aromatic carboxylic acids is 1. The molecule has 0 aliphatic carbocycles. The molecule has 1 unspecified atom stereocenters. The molecule has 1 N–H and O–H groups in total. The van der Waals surface area contributed by atoms with Gasteiger partial charge in [0.1, 0.15) is 5.75 Å². The third-order valence-electron chi connectivity index (χ3n) is 5.12. The Hall–Kier alpha value is -2.29. The minimum Gasteiger partial charge on any atom is -0.491 e. The first-order valence-corrected chi connectivity index (χ1v) is 10.7. The molecule has 0 spiro atoms. The van der Waals surface area contributed by atoms with E-state index in [2.05, 4.69) is 13.8 Å². The van der Waals surface area contributed by atoms with Crippen LogP contribution in [-0.4, -0.2) is 17.2 Å². The Labute approximate surface area is 169 Å². The lowest BCUT2D eigenvalue weighted by atomic mass is 10.00. The lowest BCUT2D eigenvalue weighted by Gasteiger charge is -2.15. The summed E-state index contributed by atoms with van der Waals surface area (Å²) in [6.07, 6.45) is 11.9. The molecule has 0 saturated carbocycles. The summed E-state index contributed by atoms with van der Waals surface area (Å²) >= 11 is 0. The number of benzene rings is 2. The molecular formula is C25H34O3. The van der Waals surface area contributed by atoms with E-state index in [0.29, 0.717) is 5.56 Å². The van der Waals surface area contributed by atoms with Crippen molar-refractivity contribution in [1.82, 2.24) is 0 Å². The van der Waals surface area contributed by atoms with E-state index < -0.39 is 5.97 Å². The molecule has 0 bridgehead atoms. The van der Waals surface area contributed by atoms with E-state index in [1.54, 1.807) is 12.1 Å². The van der Waals surface area contributed by atoms with Gasteiger partial charge in [0.25, 0.3) is 0 Å². The molecule has 3 nitrogen and oxygen atoms in total. The average Bonchev–Trinajstić information content (AvgIpc) is 2.70. The summed E-state index contributed by atoms with van der Waals surface area (Å²) in [6, 6.07) is 14.8. The summed E-state index contributed by atoms with van der Waals surface area (Å²) in [7, 11) is 0. The van der Waals surface area contributed by atoms with E-state index in [1.165, 1.54) is 51.4 Å². The minimum absolute atomic E-state index is 0.192. The van der Waals surface area contributed by atoms with Crippen molar-refractivity contribution >= 4 is 5.97 Å². The summed E-state index contributed by atoms with van der Waals surface area (Å²) in [5, 5.41) is 9.35. The highest BCUT2D eigenvalue weighted by atomic mass is 16.5. The molecule has 152 valence electrons. The number of hydrogen-bond donors (Lipinski definition) is 1. The van der Waals surface area contributed by atoms with Gasteiger partial charge in [-0.3, -0.25) is 0 Å². The van der Waals surface area contributed by atoms with Crippen molar-refractivity contribution < 1.29 is 14.6 Å². The fourth-order valence-electron chi connectivity index (χ4n) is 3.49. The molecule has 0 fully saturated rings. The second kappa shape index (κ2) is 12.2. The van der Waals surface area contributed by atoms with Crippen LogP contribution in [0.1, 0.15) is 82.0 Å². The van der Waals surface area contributed by atoms with Gasteiger partial charge in [0, 0.05) is 0 Å². The SMILES string of the molecule is CCCCCCCCCCC(C)Oc1ccc(-c2ccccc2C(=O)O)cc1. The molecule has 2 aromatic carbocycles. The maximum absolute atomic E-state index is 11.4. The lowest BCUT2D eigenvalue weighted by molar-refractivity contribution is 0.0697. The van der Waals surface area contributed by atoms with Crippen LogP contribution >= 0.6 is 0 Å². The van der Waals surface area contributed by atoms with Gasteiger partial charge in [0.15, 0.2) is 0 Å². The van der Waals surface area contributed by atoms with Crippen LogP contribution in [0.5, 0.6) is 5.75 Å². The number of carbonyl (C=O) groups is 1. The quantitative estimate of drug-likeness (QED) is 0.368. The molecule has 0 radical (unpaired) electrons. The van der Waals surface area contributed by atoms with Crippen molar-refractivity contribution in [2.45, 2.75) is 77.7 Å². The second-order valence-electron chi connectivity index (χ2n) is 7.57. The average molecular weight is 383 g/mol. The highest BCUT2D eigenvalue weighted by molar-refractivity contribution is 5.96. The predicted molar refractivity (Wildman–Crippen MR) is 116 cm³/mol. The first kappa shape index (κ1) is 22.0. The topological polar surface area (TPSA) is 46.5 Å². The van der Waals surface area contributed by atoms with Crippen molar-refractivity contribution in [3.63, 3.8) is 0 Å². The van der Waals surface area contributed by atoms with E-state index in [-0.39, 0.29) is 6.10 Å². The lowest BCUT2D eigenvalue weighted by Crippen LogP contribution is -2.11. The first-order valence-electron chi connectivity index (χ1n) is 10.7. The third kappa shape index (κ3) is 7.38. The Morgan fingerprint density at radius 1 is 0.893 bits per heavy atom. The largest absolute Gasteiger partial charge is 0.491 e. The van der Waals surface area contributed by atoms with Gasteiger partial charge in [-0.05, 0) is 49.1 Å². The summed E-state index contributed by atoms with van der Waals surface area (Å²) in [6.45, 7) is 4.37. The van der Waals surface area contributed by atoms with Gasteiger partial charge in [0.2, 0.25) is 0 Å². The summed E-state index contributed by atoms with van der Waals surface area (Å²) < 4.78 is 6.03. The molecule has 1 atom stereocenters. The Balaban J connectivity index is 1.76. The Morgan fingerprint density at radius 2 is 1.50 bits per heavy atom. The van der Waals surface area contributed by atoms with Crippen LogP contribution in [0.25, 0.3) is 11.1 Å². The molecule has 0 aliphatic heterocycles. The molecule has 0 heterocycles. The number of hydrogen-bond acceptors (Lipinski definition) is 2. The molecule has 0 aliphatic rings. The smallest absolute Gasteiger partial charge is 0.336 e.